The van der Waals surface area contributed by atoms with E-state index in [9.17, 15) is 13.2 Å². The molecular formula is C13H9ClF3NO. The number of hydrogen-bond acceptors (Lipinski definition) is 2. The van der Waals surface area contributed by atoms with Crippen molar-refractivity contribution in [2.75, 3.05) is 0 Å². The molecule has 0 spiro atoms. The molecule has 19 heavy (non-hydrogen) atoms. The third-order valence-corrected chi connectivity index (χ3v) is 2.91. The summed E-state index contributed by atoms with van der Waals surface area (Å²) in [5, 5.41) is 9.43. The third kappa shape index (κ3) is 3.05. The van der Waals surface area contributed by atoms with Crippen molar-refractivity contribution >= 4 is 11.6 Å². The van der Waals surface area contributed by atoms with Crippen LogP contribution in [0.1, 0.15) is 11.3 Å². The Kier molecular flexibility index (Phi) is 3.78. The molecule has 1 N–H and O–H groups in total. The van der Waals surface area contributed by atoms with Crippen molar-refractivity contribution in [2.45, 2.75) is 12.8 Å². The van der Waals surface area contributed by atoms with Crippen LogP contribution in [0.15, 0.2) is 36.5 Å². The molecule has 0 saturated carbocycles. The monoisotopic (exact) mass is 287 g/mol. The number of aliphatic hydroxyl groups is 1. The summed E-state index contributed by atoms with van der Waals surface area (Å²) < 4.78 is 37.2. The van der Waals surface area contributed by atoms with E-state index in [-0.39, 0.29) is 6.61 Å². The molecule has 0 aliphatic rings. The normalized spacial score (nSPS) is 11.6. The Morgan fingerprint density at radius 3 is 2.42 bits per heavy atom. The number of hydrogen-bond donors (Lipinski definition) is 1. The zero-order valence-electron chi connectivity index (χ0n) is 9.58. The molecule has 0 unspecified atom stereocenters. The van der Waals surface area contributed by atoms with Crippen LogP contribution in [0.5, 0.6) is 0 Å². The molecular weight excluding hydrogens is 279 g/mol. The molecule has 2 nitrogen and oxygen atoms in total. The Hall–Kier alpha value is -1.59. The number of nitrogens with zero attached hydrogens (tertiary/aromatic N) is 1. The van der Waals surface area contributed by atoms with Crippen LogP contribution in [-0.4, -0.2) is 10.1 Å². The maximum absolute atomic E-state index is 12.4. The number of halogens is 4. The second kappa shape index (κ2) is 5.19. The van der Waals surface area contributed by atoms with Crippen molar-refractivity contribution in [3.05, 3.63) is 52.8 Å². The predicted molar refractivity (Wildman–Crippen MR) is 65.6 cm³/mol. The first-order valence-corrected chi connectivity index (χ1v) is 5.72. The average molecular weight is 288 g/mol. The van der Waals surface area contributed by atoms with Crippen molar-refractivity contribution in [1.82, 2.24) is 4.98 Å². The second-order valence-corrected chi connectivity index (χ2v) is 4.31. The van der Waals surface area contributed by atoms with Crippen LogP contribution < -0.4 is 0 Å². The number of benzene rings is 1. The van der Waals surface area contributed by atoms with Crippen LogP contribution in [0.4, 0.5) is 13.2 Å². The minimum atomic E-state index is -4.46. The number of aromatic nitrogens is 1. The highest BCUT2D eigenvalue weighted by Crippen LogP contribution is 2.31. The molecule has 1 aromatic carbocycles. The van der Waals surface area contributed by atoms with Gasteiger partial charge in [-0.3, -0.25) is 4.98 Å². The van der Waals surface area contributed by atoms with Crippen LogP contribution in [0, 0.1) is 0 Å². The Bertz CT molecular complexity index is 581. The summed E-state index contributed by atoms with van der Waals surface area (Å²) in [5.74, 6) is 0. The number of aliphatic hydroxyl groups excluding tert-OH is 1. The maximum Gasteiger partial charge on any atom is 0.433 e. The highest BCUT2D eigenvalue weighted by Gasteiger charge is 2.32. The van der Waals surface area contributed by atoms with Gasteiger partial charge in [-0.15, -0.1) is 0 Å². The Balaban J connectivity index is 2.42. The van der Waals surface area contributed by atoms with E-state index in [1.54, 1.807) is 18.2 Å². The minimum Gasteiger partial charge on any atom is -0.392 e. The van der Waals surface area contributed by atoms with E-state index in [4.69, 9.17) is 16.7 Å². The first-order valence-electron chi connectivity index (χ1n) is 5.34. The Labute approximate surface area is 112 Å². The van der Waals surface area contributed by atoms with Gasteiger partial charge >= 0.3 is 6.18 Å². The zero-order chi connectivity index (χ0) is 14.0. The summed E-state index contributed by atoms with van der Waals surface area (Å²) in [6.07, 6.45) is -3.35. The molecule has 0 atom stereocenters. The first kappa shape index (κ1) is 13.8. The van der Waals surface area contributed by atoms with E-state index >= 15 is 0 Å². The van der Waals surface area contributed by atoms with Gasteiger partial charge in [0.25, 0.3) is 0 Å². The Morgan fingerprint density at radius 1 is 1.16 bits per heavy atom. The molecule has 6 heteroatoms. The molecule has 2 aromatic rings. The number of rotatable bonds is 2. The molecule has 1 aromatic heterocycles. The van der Waals surface area contributed by atoms with Crippen molar-refractivity contribution < 1.29 is 18.3 Å². The van der Waals surface area contributed by atoms with Gasteiger partial charge in [0.2, 0.25) is 0 Å². The fourth-order valence-corrected chi connectivity index (χ4v) is 1.84. The van der Waals surface area contributed by atoms with Crippen LogP contribution >= 0.6 is 11.6 Å². The molecule has 0 amide bonds. The average Bonchev–Trinajstić information content (AvgIpc) is 2.38. The number of pyridine rings is 1. The standard InChI is InChI=1S/C13H9ClF3NO/c14-11-3-1-8(7-19)5-10(11)9-2-4-12(18-6-9)13(15,16)17/h1-6,19H,7H2. The zero-order valence-corrected chi connectivity index (χ0v) is 10.3. The van der Waals surface area contributed by atoms with Crippen molar-refractivity contribution in [3.63, 3.8) is 0 Å². The van der Waals surface area contributed by atoms with E-state index in [2.05, 4.69) is 4.98 Å². The van der Waals surface area contributed by atoms with Gasteiger partial charge in [0.05, 0.1) is 6.61 Å². The lowest BCUT2D eigenvalue weighted by atomic mass is 10.0. The van der Waals surface area contributed by atoms with Gasteiger partial charge in [-0.05, 0) is 23.8 Å². The van der Waals surface area contributed by atoms with Crippen LogP contribution in [0.3, 0.4) is 0 Å². The van der Waals surface area contributed by atoms with Crippen molar-refractivity contribution in [1.29, 1.82) is 0 Å². The number of alkyl halides is 3. The molecule has 0 fully saturated rings. The van der Waals surface area contributed by atoms with Gasteiger partial charge in [0.15, 0.2) is 0 Å². The SMILES string of the molecule is OCc1ccc(Cl)c(-c2ccc(C(F)(F)F)nc2)c1. The topological polar surface area (TPSA) is 33.1 Å². The van der Waals surface area contributed by atoms with Gasteiger partial charge < -0.3 is 5.11 Å². The molecule has 2 rings (SSSR count). The Morgan fingerprint density at radius 2 is 1.89 bits per heavy atom. The molecule has 100 valence electrons. The minimum absolute atomic E-state index is 0.168. The summed E-state index contributed by atoms with van der Waals surface area (Å²) in [5.41, 5.74) is 0.674. The smallest absolute Gasteiger partial charge is 0.392 e. The molecule has 0 saturated heterocycles. The fraction of sp³-hybridized carbons (Fsp3) is 0.154. The quantitative estimate of drug-likeness (QED) is 0.908. The molecule has 1 heterocycles. The van der Waals surface area contributed by atoms with Gasteiger partial charge in [0.1, 0.15) is 5.69 Å². The summed E-state index contributed by atoms with van der Waals surface area (Å²) in [6, 6.07) is 7.05. The fourth-order valence-electron chi connectivity index (χ4n) is 1.61. The van der Waals surface area contributed by atoms with Crippen molar-refractivity contribution in [2.24, 2.45) is 0 Å². The summed E-state index contributed by atoms with van der Waals surface area (Å²) in [4.78, 5) is 3.38. The first-order chi connectivity index (χ1) is 8.91. The molecule has 0 aliphatic heterocycles. The summed E-state index contributed by atoms with van der Waals surface area (Å²) in [6.45, 7) is -0.168. The van der Waals surface area contributed by atoms with Gasteiger partial charge in [0, 0.05) is 22.3 Å². The van der Waals surface area contributed by atoms with Crippen LogP contribution in [0.25, 0.3) is 11.1 Å². The molecule has 0 bridgehead atoms. The third-order valence-electron chi connectivity index (χ3n) is 2.58. The van der Waals surface area contributed by atoms with E-state index in [0.29, 0.717) is 21.7 Å². The van der Waals surface area contributed by atoms with E-state index in [0.717, 1.165) is 12.3 Å². The van der Waals surface area contributed by atoms with Gasteiger partial charge in [-0.25, -0.2) is 0 Å². The predicted octanol–water partition coefficient (Wildman–Crippen LogP) is 3.91. The van der Waals surface area contributed by atoms with Crippen LogP contribution in [0.2, 0.25) is 5.02 Å². The highest BCUT2D eigenvalue weighted by molar-refractivity contribution is 6.33. The summed E-state index contributed by atoms with van der Waals surface area (Å²) >= 11 is 5.99. The summed E-state index contributed by atoms with van der Waals surface area (Å²) in [7, 11) is 0. The maximum atomic E-state index is 12.4. The lowest BCUT2D eigenvalue weighted by Crippen LogP contribution is -2.07. The second-order valence-electron chi connectivity index (χ2n) is 3.90. The lowest BCUT2D eigenvalue weighted by Gasteiger charge is -2.09. The van der Waals surface area contributed by atoms with Crippen molar-refractivity contribution in [3.8, 4) is 11.1 Å². The van der Waals surface area contributed by atoms with Crippen LogP contribution in [-0.2, 0) is 12.8 Å². The molecule has 0 aliphatic carbocycles. The largest absolute Gasteiger partial charge is 0.433 e. The van der Waals surface area contributed by atoms with Gasteiger partial charge in [-0.1, -0.05) is 23.7 Å². The van der Waals surface area contributed by atoms with Gasteiger partial charge in [-0.2, -0.15) is 13.2 Å². The van der Waals surface area contributed by atoms with E-state index in [1.807, 2.05) is 0 Å². The van der Waals surface area contributed by atoms with E-state index in [1.165, 1.54) is 6.07 Å². The lowest BCUT2D eigenvalue weighted by molar-refractivity contribution is -0.141. The molecule has 0 radical (unpaired) electrons. The highest BCUT2D eigenvalue weighted by atomic mass is 35.5. The van der Waals surface area contributed by atoms with E-state index < -0.39 is 11.9 Å².